The molecular formula is C13H16O3. The zero-order chi connectivity index (χ0) is 12.5. The number of rotatable bonds is 3. The first kappa shape index (κ1) is 12.4. The molecule has 0 fully saturated rings. The summed E-state index contributed by atoms with van der Waals surface area (Å²) in [5.41, 5.74) is 1.71. The van der Waals surface area contributed by atoms with Crippen LogP contribution < -0.4 is 0 Å². The van der Waals surface area contributed by atoms with Crippen molar-refractivity contribution in [2.45, 2.75) is 33.6 Å². The van der Waals surface area contributed by atoms with Gasteiger partial charge in [0.05, 0.1) is 5.56 Å². The zero-order valence-electron chi connectivity index (χ0n) is 10.00. The van der Waals surface area contributed by atoms with Crippen LogP contribution in [0.5, 0.6) is 5.75 Å². The summed E-state index contributed by atoms with van der Waals surface area (Å²) in [4.78, 5) is 22.8. The second-order valence-corrected chi connectivity index (χ2v) is 4.14. The van der Waals surface area contributed by atoms with Gasteiger partial charge in [0.1, 0.15) is 11.5 Å². The van der Waals surface area contributed by atoms with Crippen LogP contribution in [0.15, 0.2) is 12.1 Å². The molecule has 0 aliphatic rings. The summed E-state index contributed by atoms with van der Waals surface area (Å²) < 4.78 is 0. The molecule has 1 N–H and O–H groups in total. The van der Waals surface area contributed by atoms with Crippen LogP contribution in [-0.2, 0) is 4.79 Å². The number of aryl methyl sites for hydroxylation is 1. The number of hydrogen-bond acceptors (Lipinski definition) is 3. The van der Waals surface area contributed by atoms with E-state index in [4.69, 9.17) is 0 Å². The van der Waals surface area contributed by atoms with Crippen molar-refractivity contribution in [2.24, 2.45) is 0 Å². The van der Waals surface area contributed by atoms with Crippen LogP contribution in [-0.4, -0.2) is 16.7 Å². The molecule has 0 bridgehead atoms. The van der Waals surface area contributed by atoms with Gasteiger partial charge in [-0.1, -0.05) is 13.0 Å². The Labute approximate surface area is 95.1 Å². The van der Waals surface area contributed by atoms with E-state index in [0.29, 0.717) is 5.56 Å². The number of aromatic hydroxyl groups is 1. The first-order valence-electron chi connectivity index (χ1n) is 5.19. The predicted molar refractivity (Wildman–Crippen MR) is 61.9 cm³/mol. The van der Waals surface area contributed by atoms with Crippen molar-refractivity contribution >= 4 is 11.6 Å². The second-order valence-electron chi connectivity index (χ2n) is 4.14. The third kappa shape index (κ3) is 2.30. The molecule has 0 aliphatic carbocycles. The summed E-state index contributed by atoms with van der Waals surface area (Å²) >= 11 is 0. The van der Waals surface area contributed by atoms with Crippen LogP contribution in [0.4, 0.5) is 0 Å². The molecule has 0 radical (unpaired) electrons. The van der Waals surface area contributed by atoms with Crippen LogP contribution in [0.25, 0.3) is 0 Å². The molecule has 0 saturated heterocycles. The molecule has 0 aliphatic heterocycles. The van der Waals surface area contributed by atoms with Crippen molar-refractivity contribution in [1.29, 1.82) is 0 Å². The fourth-order valence-electron chi connectivity index (χ4n) is 1.74. The van der Waals surface area contributed by atoms with Crippen molar-refractivity contribution in [2.75, 3.05) is 0 Å². The molecule has 0 heterocycles. The van der Waals surface area contributed by atoms with E-state index in [9.17, 15) is 14.7 Å². The number of carbonyl (C=O) groups excluding carboxylic acids is 2. The van der Waals surface area contributed by atoms with E-state index in [1.807, 2.05) is 6.92 Å². The van der Waals surface area contributed by atoms with Gasteiger partial charge in [-0.2, -0.15) is 0 Å². The third-order valence-corrected chi connectivity index (χ3v) is 2.72. The Morgan fingerprint density at radius 2 is 1.81 bits per heavy atom. The SMILES string of the molecule is CC(=O)c1c(O)cc(C)cc1C(C)C(C)=O. The van der Waals surface area contributed by atoms with Gasteiger partial charge in [-0.05, 0) is 38.0 Å². The largest absolute Gasteiger partial charge is 0.507 e. The molecule has 1 rings (SSSR count). The minimum Gasteiger partial charge on any atom is -0.507 e. The minimum atomic E-state index is -0.371. The van der Waals surface area contributed by atoms with Gasteiger partial charge in [0, 0.05) is 5.92 Å². The second kappa shape index (κ2) is 4.47. The van der Waals surface area contributed by atoms with Gasteiger partial charge in [0.25, 0.3) is 0 Å². The van der Waals surface area contributed by atoms with Crippen LogP contribution in [0.3, 0.4) is 0 Å². The van der Waals surface area contributed by atoms with Crippen LogP contribution in [0.2, 0.25) is 0 Å². The molecular weight excluding hydrogens is 204 g/mol. The summed E-state index contributed by atoms with van der Waals surface area (Å²) in [5.74, 6) is -0.659. The third-order valence-electron chi connectivity index (χ3n) is 2.72. The maximum atomic E-state index is 11.5. The fourth-order valence-corrected chi connectivity index (χ4v) is 1.74. The quantitative estimate of drug-likeness (QED) is 0.796. The van der Waals surface area contributed by atoms with Gasteiger partial charge in [-0.25, -0.2) is 0 Å². The fraction of sp³-hybridized carbons (Fsp3) is 0.385. The van der Waals surface area contributed by atoms with Crippen LogP contribution >= 0.6 is 0 Å². The summed E-state index contributed by atoms with van der Waals surface area (Å²) in [7, 11) is 0. The van der Waals surface area contributed by atoms with Crippen LogP contribution in [0.1, 0.15) is 48.2 Å². The highest BCUT2D eigenvalue weighted by Gasteiger charge is 2.20. The molecule has 1 aromatic rings. The smallest absolute Gasteiger partial charge is 0.163 e. The lowest BCUT2D eigenvalue weighted by Gasteiger charge is -2.14. The van der Waals surface area contributed by atoms with Crippen LogP contribution in [0, 0.1) is 6.92 Å². The Kier molecular flexibility index (Phi) is 3.48. The minimum absolute atomic E-state index is 0.0208. The first-order chi connectivity index (χ1) is 7.34. The van der Waals surface area contributed by atoms with E-state index in [0.717, 1.165) is 5.56 Å². The van der Waals surface area contributed by atoms with E-state index in [1.54, 1.807) is 13.0 Å². The number of ketones is 2. The summed E-state index contributed by atoms with van der Waals surface area (Å²) in [6.45, 7) is 6.43. The monoisotopic (exact) mass is 220 g/mol. The molecule has 0 amide bonds. The number of carbonyl (C=O) groups is 2. The zero-order valence-corrected chi connectivity index (χ0v) is 10.00. The normalized spacial score (nSPS) is 12.2. The molecule has 1 aromatic carbocycles. The van der Waals surface area contributed by atoms with Crippen molar-refractivity contribution < 1.29 is 14.7 Å². The highest BCUT2D eigenvalue weighted by molar-refractivity contribution is 6.00. The standard InChI is InChI=1S/C13H16O3/c1-7-5-11(8(2)9(3)14)13(10(4)15)12(16)6-7/h5-6,8,16H,1-4H3. The lowest BCUT2D eigenvalue weighted by Crippen LogP contribution is -2.10. The number of benzene rings is 1. The highest BCUT2D eigenvalue weighted by atomic mass is 16.3. The van der Waals surface area contributed by atoms with E-state index >= 15 is 0 Å². The van der Waals surface area contributed by atoms with E-state index < -0.39 is 0 Å². The van der Waals surface area contributed by atoms with E-state index in [-0.39, 0.29) is 28.8 Å². The summed E-state index contributed by atoms with van der Waals surface area (Å²) in [6, 6.07) is 3.32. The Morgan fingerprint density at radius 3 is 2.25 bits per heavy atom. The molecule has 3 heteroatoms. The van der Waals surface area contributed by atoms with E-state index in [1.165, 1.54) is 19.9 Å². The van der Waals surface area contributed by atoms with Crippen molar-refractivity contribution in [3.05, 3.63) is 28.8 Å². The maximum absolute atomic E-state index is 11.5. The predicted octanol–water partition coefficient (Wildman–Crippen LogP) is 2.60. The molecule has 0 spiro atoms. The molecule has 0 saturated carbocycles. The lowest BCUT2D eigenvalue weighted by atomic mass is 9.89. The Balaban J connectivity index is 3.46. The number of phenolic OH excluding ortho intramolecular Hbond substituents is 1. The molecule has 1 atom stereocenters. The van der Waals surface area contributed by atoms with Gasteiger partial charge in [0.2, 0.25) is 0 Å². The molecule has 1 unspecified atom stereocenters. The van der Waals surface area contributed by atoms with Gasteiger partial charge in [0.15, 0.2) is 5.78 Å². The van der Waals surface area contributed by atoms with Crippen molar-refractivity contribution in [3.63, 3.8) is 0 Å². The maximum Gasteiger partial charge on any atom is 0.163 e. The van der Waals surface area contributed by atoms with Crippen molar-refractivity contribution in [3.8, 4) is 5.75 Å². The van der Waals surface area contributed by atoms with E-state index in [2.05, 4.69) is 0 Å². The average molecular weight is 220 g/mol. The molecule has 16 heavy (non-hydrogen) atoms. The molecule has 3 nitrogen and oxygen atoms in total. The Hall–Kier alpha value is -1.64. The first-order valence-corrected chi connectivity index (χ1v) is 5.19. The summed E-state index contributed by atoms with van der Waals surface area (Å²) in [6.07, 6.45) is 0. The van der Waals surface area contributed by atoms with Gasteiger partial charge in [-0.15, -0.1) is 0 Å². The molecule has 86 valence electrons. The van der Waals surface area contributed by atoms with Crippen molar-refractivity contribution in [1.82, 2.24) is 0 Å². The topological polar surface area (TPSA) is 54.4 Å². The number of phenols is 1. The highest BCUT2D eigenvalue weighted by Crippen LogP contribution is 2.29. The van der Waals surface area contributed by atoms with Gasteiger partial charge >= 0.3 is 0 Å². The average Bonchev–Trinajstić information content (AvgIpc) is 2.14. The van der Waals surface area contributed by atoms with Gasteiger partial charge < -0.3 is 5.11 Å². The Morgan fingerprint density at radius 1 is 1.25 bits per heavy atom. The lowest BCUT2D eigenvalue weighted by molar-refractivity contribution is -0.118. The molecule has 0 aromatic heterocycles. The number of Topliss-reactive ketones (excluding diaryl/α,β-unsaturated/α-hetero) is 2. The van der Waals surface area contributed by atoms with Gasteiger partial charge in [-0.3, -0.25) is 9.59 Å². The Bertz CT molecular complexity index is 447. The number of hydrogen-bond donors (Lipinski definition) is 1. The summed E-state index contributed by atoms with van der Waals surface area (Å²) in [5, 5.41) is 9.74.